The number of methoxy groups -OCH3 is 1. The Kier molecular flexibility index (Phi) is 10.2. The second-order valence-corrected chi connectivity index (χ2v) is 7.43. The van der Waals surface area contributed by atoms with E-state index < -0.39 is 0 Å². The van der Waals surface area contributed by atoms with Gasteiger partial charge in [0.15, 0.2) is 5.96 Å². The fraction of sp³-hybridized carbons (Fsp3) is 0.619. The molecule has 1 heterocycles. The molecule has 3 rings (SSSR count). The number of aliphatic imine (C=N–C) groups is 1. The van der Waals surface area contributed by atoms with Crippen LogP contribution in [0.4, 0.5) is 5.69 Å². The SMILES string of the molecule is CN=C(NCCN(CCOC)C1CC1)NCc1ccc(N2CCCC2=O)cc1.I. The summed E-state index contributed by atoms with van der Waals surface area (Å²) in [6.45, 7) is 5.14. The van der Waals surface area contributed by atoms with Gasteiger partial charge < -0.3 is 20.3 Å². The number of hydrogen-bond acceptors (Lipinski definition) is 4. The Hall–Kier alpha value is -1.39. The zero-order valence-corrected chi connectivity index (χ0v) is 19.9. The van der Waals surface area contributed by atoms with E-state index >= 15 is 0 Å². The highest BCUT2D eigenvalue weighted by molar-refractivity contribution is 14.0. The van der Waals surface area contributed by atoms with Gasteiger partial charge in [0.25, 0.3) is 0 Å². The van der Waals surface area contributed by atoms with Crippen LogP contribution in [0.1, 0.15) is 31.2 Å². The molecule has 0 bridgehead atoms. The van der Waals surface area contributed by atoms with Crippen LogP contribution in [0.25, 0.3) is 0 Å². The molecule has 1 aromatic carbocycles. The maximum atomic E-state index is 11.8. The van der Waals surface area contributed by atoms with Crippen molar-refractivity contribution in [2.45, 2.75) is 38.3 Å². The lowest BCUT2D eigenvalue weighted by molar-refractivity contribution is -0.117. The van der Waals surface area contributed by atoms with Crippen molar-refractivity contribution in [2.24, 2.45) is 4.99 Å². The van der Waals surface area contributed by atoms with Crippen LogP contribution >= 0.6 is 24.0 Å². The first-order valence-corrected chi connectivity index (χ1v) is 10.3. The minimum atomic E-state index is 0. The van der Waals surface area contributed by atoms with Crippen molar-refractivity contribution in [3.8, 4) is 0 Å². The molecular formula is C21H34IN5O2. The molecule has 1 aliphatic carbocycles. The zero-order chi connectivity index (χ0) is 19.8. The van der Waals surface area contributed by atoms with E-state index in [1.165, 1.54) is 12.8 Å². The summed E-state index contributed by atoms with van der Waals surface area (Å²) in [4.78, 5) is 20.5. The average Bonchev–Trinajstić information content (AvgIpc) is 3.48. The summed E-state index contributed by atoms with van der Waals surface area (Å²) in [7, 11) is 3.55. The van der Waals surface area contributed by atoms with Crippen molar-refractivity contribution in [3.63, 3.8) is 0 Å². The van der Waals surface area contributed by atoms with E-state index in [0.717, 1.165) is 62.5 Å². The highest BCUT2D eigenvalue weighted by Crippen LogP contribution is 2.26. The number of benzene rings is 1. The van der Waals surface area contributed by atoms with Crippen LogP contribution in [0.3, 0.4) is 0 Å². The number of nitrogens with zero attached hydrogens (tertiary/aromatic N) is 3. The van der Waals surface area contributed by atoms with E-state index in [-0.39, 0.29) is 29.9 Å². The van der Waals surface area contributed by atoms with Gasteiger partial charge in [-0.1, -0.05) is 12.1 Å². The van der Waals surface area contributed by atoms with Gasteiger partial charge in [0, 0.05) is 65.0 Å². The van der Waals surface area contributed by atoms with Gasteiger partial charge in [-0.25, -0.2) is 0 Å². The number of carbonyl (C=O) groups is 1. The van der Waals surface area contributed by atoms with Crippen LogP contribution in [0.2, 0.25) is 0 Å². The highest BCUT2D eigenvalue weighted by atomic mass is 127. The third-order valence-corrected chi connectivity index (χ3v) is 5.34. The van der Waals surface area contributed by atoms with Crippen LogP contribution in [-0.4, -0.2) is 69.8 Å². The number of ether oxygens (including phenoxy) is 1. The predicted molar refractivity (Wildman–Crippen MR) is 128 cm³/mol. The topological polar surface area (TPSA) is 69.2 Å². The monoisotopic (exact) mass is 515 g/mol. The molecule has 7 nitrogen and oxygen atoms in total. The molecular weight excluding hydrogens is 481 g/mol. The lowest BCUT2D eigenvalue weighted by Gasteiger charge is -2.22. The molecule has 29 heavy (non-hydrogen) atoms. The number of guanidine groups is 1. The third-order valence-electron chi connectivity index (χ3n) is 5.34. The summed E-state index contributed by atoms with van der Waals surface area (Å²) in [5.74, 6) is 1.03. The number of hydrogen-bond donors (Lipinski definition) is 2. The van der Waals surface area contributed by atoms with Crippen molar-refractivity contribution in [3.05, 3.63) is 29.8 Å². The lowest BCUT2D eigenvalue weighted by Crippen LogP contribution is -2.42. The predicted octanol–water partition coefficient (Wildman–Crippen LogP) is 2.21. The number of carbonyl (C=O) groups excluding carboxylic acids is 1. The van der Waals surface area contributed by atoms with E-state index in [4.69, 9.17) is 4.74 Å². The van der Waals surface area contributed by atoms with Gasteiger partial charge in [0.05, 0.1) is 6.61 Å². The smallest absolute Gasteiger partial charge is 0.227 e. The molecule has 2 fully saturated rings. The molecule has 2 N–H and O–H groups in total. The second-order valence-electron chi connectivity index (χ2n) is 7.43. The van der Waals surface area contributed by atoms with Gasteiger partial charge in [-0.3, -0.25) is 14.7 Å². The van der Waals surface area contributed by atoms with E-state index in [9.17, 15) is 4.79 Å². The number of halogens is 1. The molecule has 0 unspecified atom stereocenters. The van der Waals surface area contributed by atoms with Gasteiger partial charge in [-0.05, 0) is 37.0 Å². The lowest BCUT2D eigenvalue weighted by atomic mass is 10.2. The molecule has 1 saturated heterocycles. The maximum absolute atomic E-state index is 11.8. The van der Waals surface area contributed by atoms with Crippen LogP contribution in [0, 0.1) is 0 Å². The first-order chi connectivity index (χ1) is 13.7. The van der Waals surface area contributed by atoms with Crippen molar-refractivity contribution >= 4 is 41.5 Å². The molecule has 0 radical (unpaired) electrons. The number of amides is 1. The fourth-order valence-electron chi connectivity index (χ4n) is 3.56. The molecule has 2 aliphatic rings. The Morgan fingerprint density at radius 3 is 2.59 bits per heavy atom. The molecule has 0 atom stereocenters. The molecule has 162 valence electrons. The molecule has 1 amide bonds. The Morgan fingerprint density at radius 2 is 2.00 bits per heavy atom. The Morgan fingerprint density at radius 1 is 1.24 bits per heavy atom. The van der Waals surface area contributed by atoms with E-state index in [2.05, 4.69) is 32.7 Å². The first kappa shape index (κ1) is 23.9. The van der Waals surface area contributed by atoms with Gasteiger partial charge in [0.1, 0.15) is 0 Å². The van der Waals surface area contributed by atoms with Gasteiger partial charge in [-0.2, -0.15) is 0 Å². The van der Waals surface area contributed by atoms with Crippen molar-refractivity contribution in [2.75, 3.05) is 51.8 Å². The van der Waals surface area contributed by atoms with E-state index in [1.807, 2.05) is 17.0 Å². The second kappa shape index (κ2) is 12.3. The summed E-state index contributed by atoms with van der Waals surface area (Å²) in [6.07, 6.45) is 4.22. The maximum Gasteiger partial charge on any atom is 0.227 e. The minimum absolute atomic E-state index is 0. The standard InChI is InChI=1S/C21H33N5O2.HI/c1-22-21(23-11-13-25(14-15-28-2)18-9-10-18)24-16-17-5-7-19(8-6-17)26-12-3-4-20(26)27;/h5-8,18H,3-4,9-16H2,1-2H3,(H2,22,23,24);1H. The summed E-state index contributed by atoms with van der Waals surface area (Å²) in [5, 5.41) is 6.76. The zero-order valence-electron chi connectivity index (χ0n) is 17.5. The molecule has 1 aliphatic heterocycles. The molecule has 8 heteroatoms. The quantitative estimate of drug-likeness (QED) is 0.284. The Balaban J connectivity index is 0.00000300. The van der Waals surface area contributed by atoms with Crippen molar-refractivity contribution < 1.29 is 9.53 Å². The van der Waals surface area contributed by atoms with Crippen molar-refractivity contribution in [1.82, 2.24) is 15.5 Å². The summed E-state index contributed by atoms with van der Waals surface area (Å²) in [6, 6.07) is 8.93. The normalized spacial score (nSPS) is 16.9. The van der Waals surface area contributed by atoms with Crippen LogP contribution in [0.15, 0.2) is 29.3 Å². The Labute approximate surface area is 191 Å². The summed E-state index contributed by atoms with van der Waals surface area (Å²) in [5.41, 5.74) is 2.16. The highest BCUT2D eigenvalue weighted by Gasteiger charge is 2.28. The number of anilines is 1. The third kappa shape index (κ3) is 7.42. The average molecular weight is 515 g/mol. The largest absolute Gasteiger partial charge is 0.383 e. The number of rotatable bonds is 10. The van der Waals surface area contributed by atoms with Gasteiger partial charge in [0.2, 0.25) is 5.91 Å². The van der Waals surface area contributed by atoms with Gasteiger partial charge >= 0.3 is 0 Å². The van der Waals surface area contributed by atoms with Gasteiger partial charge in [-0.15, -0.1) is 24.0 Å². The van der Waals surface area contributed by atoms with E-state index in [0.29, 0.717) is 13.0 Å². The van der Waals surface area contributed by atoms with Crippen molar-refractivity contribution in [1.29, 1.82) is 0 Å². The molecule has 1 aromatic rings. The fourth-order valence-corrected chi connectivity index (χ4v) is 3.56. The first-order valence-electron chi connectivity index (χ1n) is 10.3. The van der Waals surface area contributed by atoms with Crippen LogP contribution in [0.5, 0.6) is 0 Å². The molecule has 0 spiro atoms. The molecule has 1 saturated carbocycles. The van der Waals surface area contributed by atoms with Crippen LogP contribution in [-0.2, 0) is 16.1 Å². The van der Waals surface area contributed by atoms with Crippen LogP contribution < -0.4 is 15.5 Å². The summed E-state index contributed by atoms with van der Waals surface area (Å²) < 4.78 is 5.21. The molecule has 0 aromatic heterocycles. The summed E-state index contributed by atoms with van der Waals surface area (Å²) >= 11 is 0. The minimum Gasteiger partial charge on any atom is -0.383 e. The van der Waals surface area contributed by atoms with E-state index in [1.54, 1.807) is 14.2 Å². The Bertz CT molecular complexity index is 664. The number of nitrogens with one attached hydrogen (secondary N) is 2.